The SMILES string of the molecule is CC/C=C(\C=C/CC1=C=C=C(n2c3ccncc3c3cnccc32)C=C1)n1c2c(c3cnccc31)C=NC=C=C2. The van der Waals surface area contributed by atoms with Gasteiger partial charge in [0.2, 0.25) is 0 Å². The summed E-state index contributed by atoms with van der Waals surface area (Å²) in [4.78, 5) is 17.4. The summed E-state index contributed by atoms with van der Waals surface area (Å²) in [6, 6.07) is 6.11. The molecule has 5 aromatic rings. The highest BCUT2D eigenvalue weighted by atomic mass is 15.0. The van der Waals surface area contributed by atoms with E-state index in [0.29, 0.717) is 0 Å². The van der Waals surface area contributed by atoms with Crippen LogP contribution >= 0.6 is 0 Å². The molecule has 1 aliphatic carbocycles. The summed E-state index contributed by atoms with van der Waals surface area (Å²) in [6.45, 7) is 2.15. The largest absolute Gasteiger partial charge is 0.309 e. The monoisotopic (exact) mass is 516 g/mol. The van der Waals surface area contributed by atoms with E-state index < -0.39 is 0 Å². The molecule has 2 aliphatic rings. The van der Waals surface area contributed by atoms with Crippen LogP contribution in [0.25, 0.3) is 50.2 Å². The van der Waals surface area contributed by atoms with E-state index in [1.807, 2.05) is 61.6 Å². The molecular formula is C34H24N6. The van der Waals surface area contributed by atoms with Gasteiger partial charge in [0.15, 0.2) is 0 Å². The highest BCUT2D eigenvalue weighted by Gasteiger charge is 2.17. The zero-order valence-corrected chi connectivity index (χ0v) is 21.9. The van der Waals surface area contributed by atoms with Gasteiger partial charge < -0.3 is 9.13 Å². The van der Waals surface area contributed by atoms with Crippen molar-refractivity contribution in [3.8, 4) is 0 Å². The fourth-order valence-electron chi connectivity index (χ4n) is 5.38. The molecule has 7 rings (SSSR count). The Morgan fingerprint density at radius 2 is 1.60 bits per heavy atom. The van der Waals surface area contributed by atoms with Crippen molar-refractivity contribution in [2.45, 2.75) is 19.8 Å². The molecule has 0 fully saturated rings. The van der Waals surface area contributed by atoms with Crippen molar-refractivity contribution < 1.29 is 0 Å². The lowest BCUT2D eigenvalue weighted by atomic mass is 10.1. The topological polar surface area (TPSA) is 60.9 Å². The Balaban J connectivity index is 1.25. The second-order valence-corrected chi connectivity index (χ2v) is 9.50. The summed E-state index contributed by atoms with van der Waals surface area (Å²) in [7, 11) is 0. The summed E-state index contributed by atoms with van der Waals surface area (Å²) in [5, 5.41) is 3.22. The van der Waals surface area contributed by atoms with Crippen LogP contribution in [0.2, 0.25) is 0 Å². The molecule has 1 aliphatic heterocycles. The quantitative estimate of drug-likeness (QED) is 0.174. The van der Waals surface area contributed by atoms with Crippen LogP contribution in [0, 0.1) is 0 Å². The van der Waals surface area contributed by atoms with Crippen molar-refractivity contribution in [2.24, 2.45) is 4.99 Å². The number of aromatic nitrogens is 5. The third-order valence-corrected chi connectivity index (χ3v) is 7.12. The van der Waals surface area contributed by atoms with E-state index in [1.54, 1.807) is 6.20 Å². The molecule has 0 aromatic carbocycles. The molecule has 0 atom stereocenters. The van der Waals surface area contributed by atoms with Crippen molar-refractivity contribution in [1.82, 2.24) is 24.1 Å². The molecule has 0 saturated heterocycles. The maximum Gasteiger partial charge on any atom is 0.0974 e. The minimum atomic E-state index is 0.735. The number of fused-ring (bicyclic) bond motifs is 6. The van der Waals surface area contributed by atoms with Gasteiger partial charge in [-0.2, -0.15) is 0 Å². The van der Waals surface area contributed by atoms with Crippen molar-refractivity contribution in [3.05, 3.63) is 126 Å². The molecule has 5 aromatic heterocycles. The summed E-state index contributed by atoms with van der Waals surface area (Å²) < 4.78 is 4.45. The molecule has 6 heterocycles. The maximum absolute atomic E-state index is 4.36. The second kappa shape index (κ2) is 9.99. The second-order valence-electron chi connectivity index (χ2n) is 9.50. The number of nitrogens with zero attached hydrogens (tertiary/aromatic N) is 6. The zero-order chi connectivity index (χ0) is 26.9. The molecule has 6 heteroatoms. The number of hydrogen-bond acceptors (Lipinski definition) is 4. The van der Waals surface area contributed by atoms with E-state index in [-0.39, 0.29) is 0 Å². The fourth-order valence-corrected chi connectivity index (χ4v) is 5.38. The Morgan fingerprint density at radius 3 is 2.30 bits per heavy atom. The Morgan fingerprint density at radius 1 is 0.875 bits per heavy atom. The lowest BCUT2D eigenvalue weighted by molar-refractivity contribution is 1.11. The van der Waals surface area contributed by atoms with E-state index in [2.05, 4.69) is 89.6 Å². The summed E-state index contributed by atoms with van der Waals surface area (Å²) in [6.07, 6.45) is 29.2. The van der Waals surface area contributed by atoms with Gasteiger partial charge in [0, 0.05) is 82.5 Å². The van der Waals surface area contributed by atoms with Gasteiger partial charge in [0.25, 0.3) is 0 Å². The van der Waals surface area contributed by atoms with Gasteiger partial charge in [-0.3, -0.25) is 19.9 Å². The van der Waals surface area contributed by atoms with Crippen molar-refractivity contribution in [1.29, 1.82) is 0 Å². The first-order valence-electron chi connectivity index (χ1n) is 13.2. The first-order valence-corrected chi connectivity index (χ1v) is 13.2. The van der Waals surface area contributed by atoms with Crippen molar-refractivity contribution >= 4 is 56.4 Å². The lowest BCUT2D eigenvalue weighted by Crippen LogP contribution is -1.98. The zero-order valence-electron chi connectivity index (χ0n) is 21.9. The van der Waals surface area contributed by atoms with Gasteiger partial charge >= 0.3 is 0 Å². The molecule has 0 amide bonds. The number of allylic oxidation sites excluding steroid dienone is 8. The third-order valence-electron chi connectivity index (χ3n) is 7.12. The Kier molecular flexibility index (Phi) is 5.90. The van der Waals surface area contributed by atoms with Crippen LogP contribution in [0.15, 0.2) is 120 Å². The van der Waals surface area contributed by atoms with Crippen LogP contribution < -0.4 is 0 Å². The Labute approximate surface area is 231 Å². The lowest BCUT2D eigenvalue weighted by Gasteiger charge is -2.10. The molecular weight excluding hydrogens is 492 g/mol. The van der Waals surface area contributed by atoms with E-state index >= 15 is 0 Å². The van der Waals surface area contributed by atoms with Gasteiger partial charge in [-0.05, 0) is 55.0 Å². The van der Waals surface area contributed by atoms with Gasteiger partial charge in [0.1, 0.15) is 0 Å². The summed E-state index contributed by atoms with van der Waals surface area (Å²) in [5.74, 6) is 0. The normalized spacial score (nSPS) is 14.5. The number of hydrogen-bond donors (Lipinski definition) is 0. The predicted molar refractivity (Wildman–Crippen MR) is 163 cm³/mol. The number of pyridine rings is 3. The smallest absolute Gasteiger partial charge is 0.0974 e. The first kappa shape index (κ1) is 23.6. The summed E-state index contributed by atoms with van der Waals surface area (Å²) >= 11 is 0. The average molecular weight is 517 g/mol. The van der Waals surface area contributed by atoms with Crippen LogP contribution in [0.3, 0.4) is 0 Å². The fraction of sp³-hybridized carbons (Fsp3) is 0.0882. The number of rotatable bonds is 6. The molecule has 0 spiro atoms. The van der Waals surface area contributed by atoms with E-state index in [0.717, 1.165) is 73.8 Å². The highest BCUT2D eigenvalue weighted by molar-refractivity contribution is 6.09. The van der Waals surface area contributed by atoms with Crippen LogP contribution in [0.5, 0.6) is 0 Å². The van der Waals surface area contributed by atoms with Crippen LogP contribution in [0.4, 0.5) is 0 Å². The molecule has 40 heavy (non-hydrogen) atoms. The average Bonchev–Trinajstić information content (AvgIpc) is 3.38. The van der Waals surface area contributed by atoms with E-state index in [9.17, 15) is 0 Å². The molecule has 6 nitrogen and oxygen atoms in total. The van der Waals surface area contributed by atoms with Gasteiger partial charge in [-0.1, -0.05) is 30.5 Å². The van der Waals surface area contributed by atoms with Gasteiger partial charge in [0.05, 0.1) is 34.1 Å². The number of aliphatic imine (C=N–C) groups is 1. The van der Waals surface area contributed by atoms with E-state index in [1.165, 1.54) is 0 Å². The minimum absolute atomic E-state index is 0.735. The first-order chi connectivity index (χ1) is 19.8. The Hall–Kier alpha value is -5.50. The third kappa shape index (κ3) is 3.94. The van der Waals surface area contributed by atoms with Crippen LogP contribution in [-0.2, 0) is 0 Å². The molecule has 0 radical (unpaired) electrons. The molecule has 190 valence electrons. The maximum atomic E-state index is 4.36. The Bertz CT molecular complexity index is 2070. The minimum Gasteiger partial charge on any atom is -0.309 e. The van der Waals surface area contributed by atoms with Gasteiger partial charge in [-0.15, -0.1) is 0 Å². The van der Waals surface area contributed by atoms with Gasteiger partial charge in [-0.25, -0.2) is 0 Å². The molecule has 0 bridgehead atoms. The highest BCUT2D eigenvalue weighted by Crippen LogP contribution is 2.32. The molecule has 0 N–H and O–H groups in total. The van der Waals surface area contributed by atoms with Crippen LogP contribution in [0.1, 0.15) is 31.0 Å². The molecule has 0 unspecified atom stereocenters. The summed E-state index contributed by atoms with van der Waals surface area (Å²) in [5.41, 5.74) is 18.4. The molecule has 0 saturated carbocycles. The predicted octanol–water partition coefficient (Wildman–Crippen LogP) is 7.48. The van der Waals surface area contributed by atoms with Crippen molar-refractivity contribution in [3.63, 3.8) is 0 Å². The van der Waals surface area contributed by atoms with Crippen LogP contribution in [-0.4, -0.2) is 30.3 Å². The standard InChI is InChI=1S/C34H24N6/c1-2-5-25(39-31-8-4-16-35-20-27(31)28-21-36-17-13-32(28)39)7-3-6-24-9-11-26(12-10-24)40-33-14-18-37-22-29(33)30-23-38-19-15-34(30)40/h3,5,7-9,11,13-23H,2,6H2,1H3/b7-3-,25-5+. The van der Waals surface area contributed by atoms with Crippen molar-refractivity contribution in [2.75, 3.05) is 0 Å². The van der Waals surface area contributed by atoms with E-state index in [4.69, 9.17) is 0 Å².